The molecule has 0 aromatic rings. The van der Waals surface area contributed by atoms with Crippen molar-refractivity contribution in [2.24, 2.45) is 5.92 Å². The molecule has 1 fully saturated rings. The second kappa shape index (κ2) is 9.51. The van der Waals surface area contributed by atoms with Crippen molar-refractivity contribution in [3.05, 3.63) is 94.1 Å². The molecule has 0 amide bonds. The molecule has 0 aromatic heterocycles. The van der Waals surface area contributed by atoms with Gasteiger partial charge in [0.2, 0.25) is 0 Å². The third kappa shape index (κ3) is 4.97. The van der Waals surface area contributed by atoms with Gasteiger partial charge < -0.3 is 9.31 Å². The lowest BCUT2D eigenvalue weighted by Crippen LogP contribution is -2.41. The lowest BCUT2D eigenvalue weighted by molar-refractivity contribution is 0.00578. The Morgan fingerprint density at radius 3 is 2.06 bits per heavy atom. The molecule has 1 aliphatic heterocycles. The molecule has 5 rings (SSSR count). The van der Waals surface area contributed by atoms with E-state index in [1.807, 2.05) is 0 Å². The Labute approximate surface area is 206 Å². The van der Waals surface area contributed by atoms with Crippen molar-refractivity contribution in [3.63, 3.8) is 0 Å². The Bertz CT molecular complexity index is 1050. The highest BCUT2D eigenvalue weighted by Crippen LogP contribution is 2.41. The minimum absolute atomic E-state index is 0.212. The average molecular weight is 454 g/mol. The summed E-state index contributed by atoms with van der Waals surface area (Å²) in [4.78, 5) is 0. The monoisotopic (exact) mass is 454 g/mol. The van der Waals surface area contributed by atoms with Gasteiger partial charge >= 0.3 is 7.12 Å². The van der Waals surface area contributed by atoms with E-state index < -0.39 is 0 Å². The van der Waals surface area contributed by atoms with E-state index in [2.05, 4.69) is 88.5 Å². The fourth-order valence-electron chi connectivity index (χ4n) is 5.45. The third-order valence-corrected chi connectivity index (χ3v) is 8.46. The maximum Gasteiger partial charge on any atom is 0.490 e. The fraction of sp³-hybridized carbons (Fsp3) is 0.484. The van der Waals surface area contributed by atoms with Crippen LogP contribution in [0, 0.1) is 5.92 Å². The van der Waals surface area contributed by atoms with Crippen LogP contribution in [0.15, 0.2) is 94.1 Å². The van der Waals surface area contributed by atoms with Gasteiger partial charge in [0.25, 0.3) is 0 Å². The van der Waals surface area contributed by atoms with E-state index in [0.29, 0.717) is 5.92 Å². The van der Waals surface area contributed by atoms with Crippen LogP contribution in [0.5, 0.6) is 0 Å². The van der Waals surface area contributed by atoms with E-state index in [1.165, 1.54) is 47.0 Å². The average Bonchev–Trinajstić information content (AvgIpc) is 3.07. The van der Waals surface area contributed by atoms with Gasteiger partial charge in [-0.15, -0.1) is 0 Å². The summed E-state index contributed by atoms with van der Waals surface area (Å²) in [5.41, 5.74) is 8.22. The maximum atomic E-state index is 6.25. The molecule has 2 nitrogen and oxygen atoms in total. The van der Waals surface area contributed by atoms with Crippen LogP contribution in [0.3, 0.4) is 0 Å². The zero-order chi connectivity index (χ0) is 23.8. The predicted octanol–water partition coefficient (Wildman–Crippen LogP) is 8.08. The minimum atomic E-state index is -0.274. The highest BCUT2D eigenvalue weighted by atomic mass is 16.7. The van der Waals surface area contributed by atoms with Crippen molar-refractivity contribution < 1.29 is 9.31 Å². The van der Waals surface area contributed by atoms with Crippen molar-refractivity contribution >= 4 is 7.12 Å². The Kier molecular flexibility index (Phi) is 6.61. The van der Waals surface area contributed by atoms with Gasteiger partial charge in [0.15, 0.2) is 0 Å². The van der Waals surface area contributed by atoms with Gasteiger partial charge in [0.05, 0.1) is 11.2 Å². The largest absolute Gasteiger partial charge is 0.490 e. The van der Waals surface area contributed by atoms with Gasteiger partial charge in [0, 0.05) is 5.92 Å². The van der Waals surface area contributed by atoms with Crippen LogP contribution in [0.4, 0.5) is 0 Å². The van der Waals surface area contributed by atoms with Crippen LogP contribution < -0.4 is 0 Å². The first kappa shape index (κ1) is 23.6. The van der Waals surface area contributed by atoms with E-state index in [-0.39, 0.29) is 18.3 Å². The first-order valence-corrected chi connectivity index (χ1v) is 13.2. The summed E-state index contributed by atoms with van der Waals surface area (Å²) in [5, 5.41) is 0. The van der Waals surface area contributed by atoms with Gasteiger partial charge in [-0.25, -0.2) is 0 Å². The van der Waals surface area contributed by atoms with Crippen molar-refractivity contribution in [2.75, 3.05) is 0 Å². The molecule has 3 heteroatoms. The summed E-state index contributed by atoms with van der Waals surface area (Å²) in [6, 6.07) is 0. The quantitative estimate of drug-likeness (QED) is 0.391. The van der Waals surface area contributed by atoms with Crippen LogP contribution in [0.1, 0.15) is 79.1 Å². The zero-order valence-electron chi connectivity index (χ0n) is 21.4. The van der Waals surface area contributed by atoms with Crippen LogP contribution in [-0.2, 0) is 9.31 Å². The molecule has 1 saturated heterocycles. The molecule has 0 N–H and O–H groups in total. The van der Waals surface area contributed by atoms with Crippen LogP contribution >= 0.6 is 0 Å². The maximum absolute atomic E-state index is 6.25. The molecular formula is C31H39BO2. The van der Waals surface area contributed by atoms with Crippen LogP contribution in [0.2, 0.25) is 0 Å². The SMILES string of the molecule is CC1(C)OB(C2=CC=C(C3=CC=C(C4C=CC(CC5=CCCC=C5)=CC4)CC3)CC2)OC1(C)C. The van der Waals surface area contributed by atoms with Gasteiger partial charge in [-0.1, -0.05) is 66.3 Å². The number of rotatable bonds is 5. The molecule has 1 atom stereocenters. The smallest absolute Gasteiger partial charge is 0.400 e. The van der Waals surface area contributed by atoms with Gasteiger partial charge in [-0.2, -0.15) is 0 Å². The number of allylic oxidation sites excluding steroid dienone is 16. The van der Waals surface area contributed by atoms with Crippen molar-refractivity contribution in [3.8, 4) is 0 Å². The molecule has 0 bridgehead atoms. The summed E-state index contributed by atoms with van der Waals surface area (Å²) in [6.07, 6.45) is 32.6. The molecular weight excluding hydrogens is 415 g/mol. The van der Waals surface area contributed by atoms with E-state index in [4.69, 9.17) is 9.31 Å². The molecule has 5 aliphatic rings. The summed E-state index contributed by atoms with van der Waals surface area (Å²) in [5.74, 6) is 0.563. The minimum Gasteiger partial charge on any atom is -0.400 e. The van der Waals surface area contributed by atoms with Gasteiger partial charge in [-0.3, -0.25) is 0 Å². The fourth-order valence-corrected chi connectivity index (χ4v) is 5.45. The predicted molar refractivity (Wildman–Crippen MR) is 143 cm³/mol. The summed E-state index contributed by atoms with van der Waals surface area (Å²) < 4.78 is 12.5. The van der Waals surface area contributed by atoms with Crippen LogP contribution in [0.25, 0.3) is 0 Å². The first-order chi connectivity index (χ1) is 16.3. The van der Waals surface area contributed by atoms with E-state index >= 15 is 0 Å². The second-order valence-electron chi connectivity index (χ2n) is 11.4. The molecule has 0 aromatic carbocycles. The summed E-state index contributed by atoms with van der Waals surface area (Å²) >= 11 is 0. The highest BCUT2D eigenvalue weighted by Gasteiger charge is 2.52. The molecule has 1 heterocycles. The van der Waals surface area contributed by atoms with Crippen molar-refractivity contribution in [2.45, 2.75) is 90.3 Å². The van der Waals surface area contributed by atoms with Crippen molar-refractivity contribution in [1.29, 1.82) is 0 Å². The molecule has 0 saturated carbocycles. The summed E-state index contributed by atoms with van der Waals surface area (Å²) in [7, 11) is -0.212. The highest BCUT2D eigenvalue weighted by molar-refractivity contribution is 6.54. The lowest BCUT2D eigenvalue weighted by Gasteiger charge is -2.32. The normalized spacial score (nSPS) is 28.0. The van der Waals surface area contributed by atoms with Gasteiger partial charge in [0.1, 0.15) is 0 Å². The molecule has 4 aliphatic carbocycles. The second-order valence-corrected chi connectivity index (χ2v) is 11.4. The Morgan fingerprint density at radius 2 is 1.50 bits per heavy atom. The van der Waals surface area contributed by atoms with E-state index in [1.54, 1.807) is 5.57 Å². The topological polar surface area (TPSA) is 18.5 Å². The Hall–Kier alpha value is -2.10. The summed E-state index contributed by atoms with van der Waals surface area (Å²) in [6.45, 7) is 8.49. The molecule has 0 radical (unpaired) electrons. The molecule has 1 unspecified atom stereocenters. The van der Waals surface area contributed by atoms with Crippen molar-refractivity contribution in [1.82, 2.24) is 0 Å². The first-order valence-electron chi connectivity index (χ1n) is 13.2. The van der Waals surface area contributed by atoms with E-state index in [0.717, 1.165) is 32.1 Å². The lowest BCUT2D eigenvalue weighted by atomic mass is 9.72. The molecule has 178 valence electrons. The molecule has 34 heavy (non-hydrogen) atoms. The Morgan fingerprint density at radius 1 is 0.794 bits per heavy atom. The Balaban J connectivity index is 1.19. The van der Waals surface area contributed by atoms with E-state index in [9.17, 15) is 0 Å². The molecule has 0 spiro atoms. The number of hydrogen-bond acceptors (Lipinski definition) is 2. The zero-order valence-corrected chi connectivity index (χ0v) is 21.4. The standard InChI is InChI=1S/C31H39BO2/c1-30(2)31(3,4)34-32(33-30)29-20-18-28(19-21-29)27-16-14-26(15-17-27)25-12-10-24(11-13-25)22-23-8-6-5-7-9-23/h6,8-12,14,16,18,20,25H,5,7,13,15,17,19,21-22H2,1-4H3. The number of hydrogen-bond donors (Lipinski definition) is 0. The van der Waals surface area contributed by atoms with Crippen LogP contribution in [-0.4, -0.2) is 18.3 Å². The third-order valence-electron chi connectivity index (χ3n) is 8.46. The van der Waals surface area contributed by atoms with Gasteiger partial charge in [-0.05, 0) is 107 Å².